The first-order valence-electron chi connectivity index (χ1n) is 13.1. The molecule has 1 aliphatic carbocycles. The highest BCUT2D eigenvalue weighted by atomic mass is 16.5. The highest BCUT2D eigenvalue weighted by molar-refractivity contribution is 6.01. The number of ether oxygens (including phenoxy) is 2. The van der Waals surface area contributed by atoms with Crippen molar-refractivity contribution in [3.63, 3.8) is 0 Å². The van der Waals surface area contributed by atoms with Crippen molar-refractivity contribution in [1.82, 2.24) is 25.2 Å². The summed E-state index contributed by atoms with van der Waals surface area (Å²) in [6.45, 7) is 3.89. The average molecular weight is 512 g/mol. The van der Waals surface area contributed by atoms with Crippen molar-refractivity contribution in [2.45, 2.75) is 0 Å². The van der Waals surface area contributed by atoms with E-state index in [1.54, 1.807) is 13.2 Å². The van der Waals surface area contributed by atoms with E-state index < -0.39 is 0 Å². The summed E-state index contributed by atoms with van der Waals surface area (Å²) >= 11 is 0. The van der Waals surface area contributed by atoms with Crippen LogP contribution in [0.25, 0.3) is 21.8 Å². The second-order valence-electron chi connectivity index (χ2n) is 10.6. The molecule has 3 heterocycles. The number of methoxy groups -OCH3 is 1. The molecule has 3 aromatic carbocycles. The number of carbonyl (C=O) groups is 2. The van der Waals surface area contributed by atoms with Crippen LogP contribution in [0.15, 0.2) is 54.6 Å². The fourth-order valence-electron chi connectivity index (χ4n) is 6.80. The van der Waals surface area contributed by atoms with E-state index in [-0.39, 0.29) is 11.8 Å². The first kappa shape index (κ1) is 23.2. The Kier molecular flexibility index (Phi) is 5.54. The van der Waals surface area contributed by atoms with Gasteiger partial charge >= 0.3 is 0 Å². The van der Waals surface area contributed by atoms with Gasteiger partial charge in [-0.15, -0.1) is 0 Å². The lowest BCUT2D eigenvalue weighted by atomic mass is 9.60. The standard InChI is InChI=1S/C29H29N5O4/c1-37-8-9-38-27-12-19(10-17-4-2-3-5-20(17)27)29(36)34-15-23-21-13-33(14-22(21)24(23)16-34)28(35)18-6-7-25-26(11-18)31-32-30-25/h2-7,10-12,21-24H,8-9,13-16H2,1H3,(H,30,31,32)/t21-,22+,23+,24-. The lowest BCUT2D eigenvalue weighted by molar-refractivity contribution is 0.0629. The van der Waals surface area contributed by atoms with Crippen molar-refractivity contribution in [3.05, 3.63) is 65.7 Å². The van der Waals surface area contributed by atoms with Gasteiger partial charge in [0.2, 0.25) is 0 Å². The van der Waals surface area contributed by atoms with Crippen molar-refractivity contribution < 1.29 is 19.1 Å². The van der Waals surface area contributed by atoms with Gasteiger partial charge in [-0.3, -0.25) is 9.59 Å². The Labute approximate surface area is 219 Å². The number of aromatic amines is 1. The van der Waals surface area contributed by atoms with Crippen LogP contribution in [0.2, 0.25) is 0 Å². The molecular weight excluding hydrogens is 482 g/mol. The predicted octanol–water partition coefficient (Wildman–Crippen LogP) is 3.23. The molecule has 9 heteroatoms. The molecule has 194 valence electrons. The zero-order chi connectivity index (χ0) is 25.8. The molecule has 1 saturated carbocycles. The van der Waals surface area contributed by atoms with E-state index in [1.807, 2.05) is 58.3 Å². The van der Waals surface area contributed by atoms with Gasteiger partial charge < -0.3 is 19.3 Å². The van der Waals surface area contributed by atoms with Crippen LogP contribution in [0.3, 0.4) is 0 Å². The third-order valence-corrected chi connectivity index (χ3v) is 8.68. The lowest BCUT2D eigenvalue weighted by Crippen LogP contribution is -2.44. The van der Waals surface area contributed by atoms with Crippen molar-refractivity contribution in [1.29, 1.82) is 0 Å². The molecule has 38 heavy (non-hydrogen) atoms. The number of H-pyrrole nitrogens is 1. The number of nitrogens with zero attached hydrogens (tertiary/aromatic N) is 4. The molecule has 7 rings (SSSR count). The largest absolute Gasteiger partial charge is 0.491 e. The number of benzene rings is 3. The van der Waals surface area contributed by atoms with Crippen LogP contribution in [0.1, 0.15) is 20.7 Å². The van der Waals surface area contributed by atoms with E-state index >= 15 is 0 Å². The van der Waals surface area contributed by atoms with Crippen molar-refractivity contribution in [2.24, 2.45) is 23.7 Å². The molecule has 0 radical (unpaired) electrons. The van der Waals surface area contributed by atoms with Gasteiger partial charge in [0.05, 0.1) is 6.61 Å². The predicted molar refractivity (Wildman–Crippen MR) is 141 cm³/mol. The molecule has 2 saturated heterocycles. The number of aromatic nitrogens is 3. The highest BCUT2D eigenvalue weighted by Gasteiger charge is 2.59. The van der Waals surface area contributed by atoms with Crippen LogP contribution in [-0.4, -0.2) is 83.5 Å². The second-order valence-corrected chi connectivity index (χ2v) is 10.6. The first-order chi connectivity index (χ1) is 18.6. The number of hydrogen-bond acceptors (Lipinski definition) is 6. The molecule has 3 fully saturated rings. The fraction of sp³-hybridized carbons (Fsp3) is 0.379. The number of nitrogens with one attached hydrogen (secondary N) is 1. The molecule has 4 atom stereocenters. The second kappa shape index (κ2) is 9.09. The Morgan fingerprint density at radius 2 is 1.47 bits per heavy atom. The quantitative estimate of drug-likeness (QED) is 0.399. The van der Waals surface area contributed by atoms with Crippen LogP contribution in [0, 0.1) is 23.7 Å². The number of likely N-dealkylation sites (tertiary alicyclic amines) is 2. The Morgan fingerprint density at radius 1 is 0.816 bits per heavy atom. The SMILES string of the molecule is COCCOc1cc(C(=O)N2C[C@@H]3[C@H](C2)[C@H]2CN(C(=O)c4ccc5n[nH]nc5c4)C[C@@H]32)cc2ccccc12. The topological polar surface area (TPSA) is 101 Å². The Balaban J connectivity index is 1.04. The normalized spacial score (nSPS) is 23.9. The smallest absolute Gasteiger partial charge is 0.254 e. The third kappa shape index (κ3) is 3.72. The Hall–Kier alpha value is -3.98. The number of amides is 2. The third-order valence-electron chi connectivity index (χ3n) is 8.68. The van der Waals surface area contributed by atoms with Gasteiger partial charge in [-0.2, -0.15) is 15.4 Å². The Morgan fingerprint density at radius 3 is 2.18 bits per heavy atom. The van der Waals surface area contributed by atoms with Gasteiger partial charge in [-0.1, -0.05) is 24.3 Å². The summed E-state index contributed by atoms with van der Waals surface area (Å²) in [6, 6.07) is 17.3. The summed E-state index contributed by atoms with van der Waals surface area (Å²) in [4.78, 5) is 30.8. The van der Waals surface area contributed by atoms with E-state index in [9.17, 15) is 9.59 Å². The minimum Gasteiger partial charge on any atom is -0.491 e. The molecular formula is C29H29N5O4. The van der Waals surface area contributed by atoms with Gasteiger partial charge in [0.25, 0.3) is 11.8 Å². The van der Waals surface area contributed by atoms with Gasteiger partial charge in [0.15, 0.2) is 0 Å². The molecule has 0 unspecified atom stereocenters. The maximum atomic E-state index is 13.6. The molecule has 4 aromatic rings. The van der Waals surface area contributed by atoms with Crippen molar-refractivity contribution >= 4 is 33.6 Å². The van der Waals surface area contributed by atoms with Gasteiger partial charge in [0, 0.05) is 49.8 Å². The maximum absolute atomic E-state index is 13.6. The van der Waals surface area contributed by atoms with Gasteiger partial charge in [-0.05, 0) is 59.4 Å². The summed E-state index contributed by atoms with van der Waals surface area (Å²) in [6.07, 6.45) is 0. The van der Waals surface area contributed by atoms with E-state index in [0.717, 1.165) is 42.5 Å². The number of carbonyl (C=O) groups excluding carboxylic acids is 2. The van der Waals surface area contributed by atoms with E-state index in [4.69, 9.17) is 9.47 Å². The fourth-order valence-corrected chi connectivity index (χ4v) is 6.80. The van der Waals surface area contributed by atoms with E-state index in [2.05, 4.69) is 15.4 Å². The first-order valence-corrected chi connectivity index (χ1v) is 13.1. The Bertz CT molecular complexity index is 1530. The molecule has 2 amide bonds. The van der Waals surface area contributed by atoms with Crippen LogP contribution in [0.4, 0.5) is 0 Å². The molecule has 0 spiro atoms. The summed E-state index contributed by atoms with van der Waals surface area (Å²) in [5, 5.41) is 12.8. The molecule has 9 nitrogen and oxygen atoms in total. The molecule has 1 aromatic heterocycles. The zero-order valence-corrected chi connectivity index (χ0v) is 21.2. The van der Waals surface area contributed by atoms with Crippen molar-refractivity contribution in [3.8, 4) is 5.75 Å². The van der Waals surface area contributed by atoms with Crippen LogP contribution in [0.5, 0.6) is 5.75 Å². The zero-order valence-electron chi connectivity index (χ0n) is 21.2. The number of rotatable bonds is 6. The van der Waals surface area contributed by atoms with Gasteiger partial charge in [0.1, 0.15) is 23.4 Å². The number of fused-ring (bicyclic) bond motifs is 6. The molecule has 3 aliphatic rings. The lowest BCUT2D eigenvalue weighted by Gasteiger charge is -2.42. The summed E-state index contributed by atoms with van der Waals surface area (Å²) in [5.41, 5.74) is 2.75. The van der Waals surface area contributed by atoms with E-state index in [0.29, 0.717) is 59.3 Å². The minimum atomic E-state index is 0.0486. The van der Waals surface area contributed by atoms with E-state index in [1.165, 1.54) is 0 Å². The van der Waals surface area contributed by atoms with Crippen LogP contribution < -0.4 is 4.74 Å². The van der Waals surface area contributed by atoms with Crippen molar-refractivity contribution in [2.75, 3.05) is 46.5 Å². The van der Waals surface area contributed by atoms with Crippen LogP contribution >= 0.6 is 0 Å². The molecule has 1 N–H and O–H groups in total. The highest BCUT2D eigenvalue weighted by Crippen LogP contribution is 2.54. The average Bonchev–Trinajstić information content (AvgIpc) is 3.66. The number of hydrogen-bond donors (Lipinski definition) is 1. The molecule has 2 aliphatic heterocycles. The monoisotopic (exact) mass is 511 g/mol. The summed E-state index contributed by atoms with van der Waals surface area (Å²) in [5.74, 6) is 2.58. The van der Waals surface area contributed by atoms with Gasteiger partial charge in [-0.25, -0.2) is 0 Å². The molecule has 0 bridgehead atoms. The minimum absolute atomic E-state index is 0.0486. The maximum Gasteiger partial charge on any atom is 0.254 e. The summed E-state index contributed by atoms with van der Waals surface area (Å²) in [7, 11) is 1.64. The summed E-state index contributed by atoms with van der Waals surface area (Å²) < 4.78 is 11.1. The van der Waals surface area contributed by atoms with Crippen LogP contribution in [-0.2, 0) is 4.74 Å².